The maximum Gasteiger partial charge on any atom is 0.0701 e. The lowest BCUT2D eigenvalue weighted by molar-refractivity contribution is 0.580. The lowest BCUT2D eigenvalue weighted by atomic mass is 10.0. The normalized spacial score (nSPS) is 17.5. The van der Waals surface area contributed by atoms with Gasteiger partial charge in [-0.25, -0.2) is 0 Å². The van der Waals surface area contributed by atoms with Crippen LogP contribution in [0.5, 0.6) is 0 Å². The SMILES string of the molecule is CCCNC(C1=CCCC1)c1csc(Br)c1. The first kappa shape index (κ1) is 12.3. The smallest absolute Gasteiger partial charge is 0.0701 e. The van der Waals surface area contributed by atoms with Crippen LogP contribution in [0.3, 0.4) is 0 Å². The van der Waals surface area contributed by atoms with Crippen molar-refractivity contribution in [2.24, 2.45) is 0 Å². The Morgan fingerprint density at radius 3 is 3.00 bits per heavy atom. The van der Waals surface area contributed by atoms with Gasteiger partial charge in [-0.1, -0.05) is 18.6 Å². The van der Waals surface area contributed by atoms with Crippen LogP contribution in [0.2, 0.25) is 0 Å². The monoisotopic (exact) mass is 299 g/mol. The molecular weight excluding hydrogens is 282 g/mol. The second kappa shape index (κ2) is 5.99. The number of allylic oxidation sites excluding steroid dienone is 1. The van der Waals surface area contributed by atoms with Crippen molar-refractivity contribution in [1.82, 2.24) is 5.32 Å². The fraction of sp³-hybridized carbons (Fsp3) is 0.538. The minimum atomic E-state index is 0.449. The maximum atomic E-state index is 3.66. The molecule has 1 atom stereocenters. The molecule has 1 N–H and O–H groups in total. The maximum absolute atomic E-state index is 3.66. The third-order valence-corrected chi connectivity index (χ3v) is 4.49. The quantitative estimate of drug-likeness (QED) is 0.780. The summed E-state index contributed by atoms with van der Waals surface area (Å²) in [4.78, 5) is 0. The van der Waals surface area contributed by atoms with Gasteiger partial charge in [0.05, 0.1) is 9.83 Å². The van der Waals surface area contributed by atoms with E-state index in [1.54, 1.807) is 16.9 Å². The van der Waals surface area contributed by atoms with Crippen LogP contribution in [0.15, 0.2) is 26.9 Å². The van der Waals surface area contributed by atoms with Crippen LogP contribution in [0, 0.1) is 0 Å². The van der Waals surface area contributed by atoms with E-state index in [4.69, 9.17) is 0 Å². The highest BCUT2D eigenvalue weighted by atomic mass is 79.9. The summed E-state index contributed by atoms with van der Waals surface area (Å²) in [5.41, 5.74) is 3.00. The van der Waals surface area contributed by atoms with Crippen LogP contribution in [0.25, 0.3) is 0 Å². The van der Waals surface area contributed by atoms with Crippen LogP contribution >= 0.6 is 27.3 Å². The fourth-order valence-electron chi connectivity index (χ4n) is 2.18. The van der Waals surface area contributed by atoms with E-state index in [-0.39, 0.29) is 0 Å². The van der Waals surface area contributed by atoms with E-state index in [1.165, 1.54) is 35.0 Å². The summed E-state index contributed by atoms with van der Waals surface area (Å²) >= 11 is 5.32. The van der Waals surface area contributed by atoms with Crippen molar-refractivity contribution in [1.29, 1.82) is 0 Å². The van der Waals surface area contributed by atoms with Gasteiger partial charge in [0.1, 0.15) is 0 Å². The van der Waals surface area contributed by atoms with Crippen LogP contribution in [0.1, 0.15) is 44.2 Å². The van der Waals surface area contributed by atoms with Gasteiger partial charge in [-0.3, -0.25) is 0 Å². The predicted molar refractivity (Wildman–Crippen MR) is 75.0 cm³/mol. The molecule has 0 saturated heterocycles. The molecule has 0 spiro atoms. The van der Waals surface area contributed by atoms with E-state index in [2.05, 4.69) is 45.7 Å². The van der Waals surface area contributed by atoms with Crippen molar-refractivity contribution >= 4 is 27.3 Å². The van der Waals surface area contributed by atoms with Crippen molar-refractivity contribution < 1.29 is 0 Å². The zero-order valence-electron chi connectivity index (χ0n) is 9.63. The Balaban J connectivity index is 2.13. The van der Waals surface area contributed by atoms with Gasteiger partial charge in [0.2, 0.25) is 0 Å². The molecule has 0 saturated carbocycles. The molecule has 1 aliphatic carbocycles. The summed E-state index contributed by atoms with van der Waals surface area (Å²) in [6.07, 6.45) is 7.44. The minimum absolute atomic E-state index is 0.449. The van der Waals surface area contributed by atoms with E-state index in [0.717, 1.165) is 6.54 Å². The summed E-state index contributed by atoms with van der Waals surface area (Å²) in [6, 6.07) is 2.70. The average Bonchev–Trinajstić information content (AvgIpc) is 2.91. The van der Waals surface area contributed by atoms with Gasteiger partial charge in [-0.05, 0) is 65.2 Å². The lowest BCUT2D eigenvalue weighted by Crippen LogP contribution is -2.23. The Morgan fingerprint density at radius 2 is 2.44 bits per heavy atom. The third-order valence-electron chi connectivity index (χ3n) is 2.97. The van der Waals surface area contributed by atoms with Crippen molar-refractivity contribution in [3.8, 4) is 0 Å². The van der Waals surface area contributed by atoms with Crippen molar-refractivity contribution in [3.05, 3.63) is 32.4 Å². The van der Waals surface area contributed by atoms with Crippen LogP contribution in [-0.4, -0.2) is 6.54 Å². The summed E-state index contributed by atoms with van der Waals surface area (Å²) in [5, 5.41) is 5.92. The zero-order valence-corrected chi connectivity index (χ0v) is 12.0. The van der Waals surface area contributed by atoms with E-state index >= 15 is 0 Å². The molecule has 0 aliphatic heterocycles. The topological polar surface area (TPSA) is 12.0 Å². The number of halogens is 1. The number of hydrogen-bond acceptors (Lipinski definition) is 2. The highest BCUT2D eigenvalue weighted by Crippen LogP contribution is 2.34. The number of nitrogens with one attached hydrogen (secondary N) is 1. The Morgan fingerprint density at radius 1 is 1.56 bits per heavy atom. The summed E-state index contributed by atoms with van der Waals surface area (Å²) in [7, 11) is 0. The van der Waals surface area contributed by atoms with Crippen LogP contribution in [-0.2, 0) is 0 Å². The van der Waals surface area contributed by atoms with Crippen molar-refractivity contribution in [2.45, 2.75) is 38.6 Å². The Kier molecular flexibility index (Phi) is 4.62. The highest BCUT2D eigenvalue weighted by molar-refractivity contribution is 9.11. The van der Waals surface area contributed by atoms with Crippen molar-refractivity contribution in [3.63, 3.8) is 0 Å². The molecule has 2 rings (SSSR count). The summed E-state index contributed by atoms with van der Waals surface area (Å²) < 4.78 is 1.23. The molecule has 1 aromatic rings. The van der Waals surface area contributed by atoms with E-state index in [1.807, 2.05) is 0 Å². The first-order chi connectivity index (χ1) is 7.81. The third kappa shape index (κ3) is 2.96. The highest BCUT2D eigenvalue weighted by Gasteiger charge is 2.19. The van der Waals surface area contributed by atoms with Gasteiger partial charge in [0.15, 0.2) is 0 Å². The molecule has 0 fully saturated rings. The molecule has 0 radical (unpaired) electrons. The molecule has 0 amide bonds. The van der Waals surface area contributed by atoms with E-state index in [0.29, 0.717) is 6.04 Å². The number of rotatable bonds is 5. The first-order valence-electron chi connectivity index (χ1n) is 5.97. The van der Waals surface area contributed by atoms with Gasteiger partial charge in [-0.15, -0.1) is 11.3 Å². The molecule has 0 aromatic carbocycles. The number of thiophene rings is 1. The molecule has 1 nitrogen and oxygen atoms in total. The van der Waals surface area contributed by atoms with Gasteiger partial charge in [-0.2, -0.15) is 0 Å². The molecule has 0 bridgehead atoms. The van der Waals surface area contributed by atoms with Crippen LogP contribution in [0.4, 0.5) is 0 Å². The van der Waals surface area contributed by atoms with Gasteiger partial charge in [0, 0.05) is 0 Å². The Bertz CT molecular complexity index is 370. The van der Waals surface area contributed by atoms with E-state index < -0.39 is 0 Å². The largest absolute Gasteiger partial charge is 0.307 e. The van der Waals surface area contributed by atoms with Crippen molar-refractivity contribution in [2.75, 3.05) is 6.54 Å². The molecule has 1 unspecified atom stereocenters. The van der Waals surface area contributed by atoms with Gasteiger partial charge >= 0.3 is 0 Å². The molecule has 1 aliphatic rings. The van der Waals surface area contributed by atoms with Crippen LogP contribution < -0.4 is 5.32 Å². The molecule has 3 heteroatoms. The second-order valence-electron chi connectivity index (χ2n) is 4.24. The molecule has 88 valence electrons. The molecule has 16 heavy (non-hydrogen) atoms. The van der Waals surface area contributed by atoms with E-state index in [9.17, 15) is 0 Å². The van der Waals surface area contributed by atoms with Gasteiger partial charge in [0.25, 0.3) is 0 Å². The van der Waals surface area contributed by atoms with Gasteiger partial charge < -0.3 is 5.32 Å². The number of hydrogen-bond donors (Lipinski definition) is 1. The predicted octanol–water partition coefficient (Wildman–Crippen LogP) is 4.66. The molecule has 1 heterocycles. The Labute approximate surface area is 110 Å². The second-order valence-corrected chi connectivity index (χ2v) is 6.53. The standard InChI is InChI=1S/C13H18BrNS/c1-2-7-15-13(10-5-3-4-6-10)11-8-12(14)16-9-11/h5,8-9,13,15H,2-4,6-7H2,1H3. The summed E-state index contributed by atoms with van der Waals surface area (Å²) in [6.45, 7) is 3.31. The molecular formula is C13H18BrNS. The zero-order chi connectivity index (χ0) is 11.4. The average molecular weight is 300 g/mol. The Hall–Kier alpha value is -0.120. The first-order valence-corrected chi connectivity index (χ1v) is 7.64. The lowest BCUT2D eigenvalue weighted by Gasteiger charge is -2.19. The summed E-state index contributed by atoms with van der Waals surface area (Å²) in [5.74, 6) is 0. The fourth-order valence-corrected chi connectivity index (χ4v) is 3.39. The minimum Gasteiger partial charge on any atom is -0.307 e. The molecule has 1 aromatic heterocycles.